The maximum absolute atomic E-state index is 5.88. The Kier molecular flexibility index (Phi) is 6.41. The lowest BCUT2D eigenvalue weighted by Crippen LogP contribution is -2.15. The van der Waals surface area contributed by atoms with Gasteiger partial charge in [-0.05, 0) is 37.1 Å². The van der Waals surface area contributed by atoms with Gasteiger partial charge in [0.05, 0.1) is 0 Å². The summed E-state index contributed by atoms with van der Waals surface area (Å²) in [6, 6.07) is 7.94. The molecule has 84 valence electrons. The topological polar surface area (TPSA) is 21.3 Å². The van der Waals surface area contributed by atoms with Crippen molar-refractivity contribution >= 4 is 11.6 Å². The van der Waals surface area contributed by atoms with E-state index in [0.717, 1.165) is 37.6 Å². The van der Waals surface area contributed by atoms with Crippen LogP contribution >= 0.6 is 11.6 Å². The number of nitrogens with one attached hydrogen (secondary N) is 1. The van der Waals surface area contributed by atoms with E-state index in [4.69, 9.17) is 16.3 Å². The molecule has 1 aromatic carbocycles. The van der Waals surface area contributed by atoms with Gasteiger partial charge in [0.2, 0.25) is 0 Å². The lowest BCUT2D eigenvalue weighted by molar-refractivity contribution is 0.192. The van der Waals surface area contributed by atoms with Gasteiger partial charge in [-0.1, -0.05) is 23.7 Å². The number of benzene rings is 1. The Labute approximate surface area is 96.6 Å². The second-order valence-electron chi connectivity index (χ2n) is 3.51. The van der Waals surface area contributed by atoms with Crippen molar-refractivity contribution in [1.29, 1.82) is 0 Å². The first kappa shape index (κ1) is 12.5. The largest absolute Gasteiger partial charge is 0.385 e. The molecule has 1 rings (SSSR count). The summed E-state index contributed by atoms with van der Waals surface area (Å²) in [5.41, 5.74) is 1.23. The van der Waals surface area contributed by atoms with E-state index in [1.165, 1.54) is 5.56 Å². The first-order chi connectivity index (χ1) is 7.33. The van der Waals surface area contributed by atoms with Gasteiger partial charge in [-0.3, -0.25) is 0 Å². The van der Waals surface area contributed by atoms with Crippen LogP contribution in [-0.2, 0) is 11.3 Å². The first-order valence-corrected chi connectivity index (χ1v) is 5.65. The molecule has 0 saturated carbocycles. The van der Waals surface area contributed by atoms with Crippen LogP contribution in [0, 0.1) is 0 Å². The van der Waals surface area contributed by atoms with Crippen LogP contribution < -0.4 is 5.32 Å². The summed E-state index contributed by atoms with van der Waals surface area (Å²) < 4.78 is 4.98. The van der Waals surface area contributed by atoms with Crippen molar-refractivity contribution in [2.24, 2.45) is 0 Å². The van der Waals surface area contributed by atoms with Gasteiger partial charge in [-0.25, -0.2) is 0 Å². The lowest BCUT2D eigenvalue weighted by atomic mass is 10.2. The Bertz CT molecular complexity index is 278. The summed E-state index contributed by atoms with van der Waals surface area (Å²) in [6.07, 6.45) is 2.26. The summed E-state index contributed by atoms with van der Waals surface area (Å²) >= 11 is 5.88. The average Bonchev–Trinajstić information content (AvgIpc) is 2.23. The van der Waals surface area contributed by atoms with E-state index in [1.807, 2.05) is 18.2 Å². The fraction of sp³-hybridized carbons (Fsp3) is 0.500. The van der Waals surface area contributed by atoms with Crippen LogP contribution in [-0.4, -0.2) is 20.3 Å². The molecule has 0 unspecified atom stereocenters. The molecule has 0 spiro atoms. The monoisotopic (exact) mass is 227 g/mol. The van der Waals surface area contributed by atoms with Gasteiger partial charge in [-0.2, -0.15) is 0 Å². The zero-order valence-electron chi connectivity index (χ0n) is 9.13. The molecule has 0 aliphatic carbocycles. The molecule has 0 aromatic heterocycles. The molecule has 2 nitrogen and oxygen atoms in total. The minimum atomic E-state index is 0.800. The Morgan fingerprint density at radius 3 is 2.93 bits per heavy atom. The standard InChI is InChI=1S/C12H18ClNO/c1-15-8-3-2-7-14-10-11-5-4-6-12(13)9-11/h4-6,9,14H,2-3,7-8,10H2,1H3. The number of halogens is 1. The minimum absolute atomic E-state index is 0.800. The molecule has 0 amide bonds. The van der Waals surface area contributed by atoms with Crippen molar-refractivity contribution in [3.05, 3.63) is 34.9 Å². The fourth-order valence-electron chi connectivity index (χ4n) is 1.38. The highest BCUT2D eigenvalue weighted by Crippen LogP contribution is 2.10. The van der Waals surface area contributed by atoms with Crippen molar-refractivity contribution in [1.82, 2.24) is 5.32 Å². The third kappa shape index (κ3) is 5.78. The minimum Gasteiger partial charge on any atom is -0.385 e. The first-order valence-electron chi connectivity index (χ1n) is 5.27. The number of methoxy groups -OCH3 is 1. The zero-order valence-corrected chi connectivity index (χ0v) is 9.89. The van der Waals surface area contributed by atoms with Crippen LogP contribution in [0.2, 0.25) is 5.02 Å². The van der Waals surface area contributed by atoms with Crippen LogP contribution in [0.25, 0.3) is 0 Å². The van der Waals surface area contributed by atoms with Crippen LogP contribution in [0.5, 0.6) is 0 Å². The van der Waals surface area contributed by atoms with E-state index >= 15 is 0 Å². The quantitative estimate of drug-likeness (QED) is 0.724. The molecule has 0 aliphatic rings. The number of unbranched alkanes of at least 4 members (excludes halogenated alkanes) is 1. The average molecular weight is 228 g/mol. The van der Waals surface area contributed by atoms with Crippen molar-refractivity contribution in [2.75, 3.05) is 20.3 Å². The third-order valence-corrected chi connectivity index (χ3v) is 2.41. The van der Waals surface area contributed by atoms with Gasteiger partial charge in [0.15, 0.2) is 0 Å². The van der Waals surface area contributed by atoms with Gasteiger partial charge in [0, 0.05) is 25.3 Å². The zero-order chi connectivity index (χ0) is 10.9. The Morgan fingerprint density at radius 2 is 2.20 bits per heavy atom. The van der Waals surface area contributed by atoms with Gasteiger partial charge < -0.3 is 10.1 Å². The van der Waals surface area contributed by atoms with Gasteiger partial charge >= 0.3 is 0 Å². The molecule has 0 saturated heterocycles. The van der Waals surface area contributed by atoms with E-state index in [0.29, 0.717) is 0 Å². The summed E-state index contributed by atoms with van der Waals surface area (Å²) in [7, 11) is 1.74. The number of rotatable bonds is 7. The molecule has 0 atom stereocenters. The highest BCUT2D eigenvalue weighted by Gasteiger charge is 1.93. The predicted molar refractivity (Wildman–Crippen MR) is 64.3 cm³/mol. The van der Waals surface area contributed by atoms with Crippen LogP contribution in [0.15, 0.2) is 24.3 Å². The maximum atomic E-state index is 5.88. The highest BCUT2D eigenvalue weighted by molar-refractivity contribution is 6.30. The molecule has 1 aromatic rings. The van der Waals surface area contributed by atoms with Crippen LogP contribution in [0.3, 0.4) is 0 Å². The molecule has 0 radical (unpaired) electrons. The molecular formula is C12H18ClNO. The van der Waals surface area contributed by atoms with E-state index in [1.54, 1.807) is 7.11 Å². The SMILES string of the molecule is COCCCCNCc1cccc(Cl)c1. The molecular weight excluding hydrogens is 210 g/mol. The van der Waals surface area contributed by atoms with Gasteiger partial charge in [-0.15, -0.1) is 0 Å². The molecule has 0 fully saturated rings. The van der Waals surface area contributed by atoms with Crippen LogP contribution in [0.4, 0.5) is 0 Å². The summed E-state index contributed by atoms with van der Waals surface area (Å²) in [5.74, 6) is 0. The Hall–Kier alpha value is -0.570. The molecule has 0 bridgehead atoms. The van der Waals surface area contributed by atoms with Crippen LogP contribution in [0.1, 0.15) is 18.4 Å². The summed E-state index contributed by atoms with van der Waals surface area (Å²) in [5, 5.41) is 4.17. The molecule has 3 heteroatoms. The molecule has 15 heavy (non-hydrogen) atoms. The number of hydrogen-bond donors (Lipinski definition) is 1. The summed E-state index contributed by atoms with van der Waals surface area (Å²) in [4.78, 5) is 0. The normalized spacial score (nSPS) is 10.5. The second kappa shape index (κ2) is 7.69. The smallest absolute Gasteiger partial charge is 0.0462 e. The predicted octanol–water partition coefficient (Wildman–Crippen LogP) is 2.86. The summed E-state index contributed by atoms with van der Waals surface area (Å²) in [6.45, 7) is 2.75. The van der Waals surface area contributed by atoms with E-state index in [2.05, 4.69) is 11.4 Å². The number of ether oxygens (including phenoxy) is 1. The van der Waals surface area contributed by atoms with Crippen molar-refractivity contribution in [2.45, 2.75) is 19.4 Å². The van der Waals surface area contributed by atoms with E-state index < -0.39 is 0 Å². The molecule has 0 aliphatic heterocycles. The lowest BCUT2D eigenvalue weighted by Gasteiger charge is -2.04. The fourth-order valence-corrected chi connectivity index (χ4v) is 1.59. The third-order valence-electron chi connectivity index (χ3n) is 2.17. The van der Waals surface area contributed by atoms with Crippen molar-refractivity contribution in [3.8, 4) is 0 Å². The molecule has 0 heterocycles. The Balaban J connectivity index is 2.10. The number of hydrogen-bond acceptors (Lipinski definition) is 2. The molecule has 1 N–H and O–H groups in total. The second-order valence-corrected chi connectivity index (χ2v) is 3.94. The van der Waals surface area contributed by atoms with E-state index in [-0.39, 0.29) is 0 Å². The maximum Gasteiger partial charge on any atom is 0.0462 e. The van der Waals surface area contributed by atoms with Gasteiger partial charge in [0.25, 0.3) is 0 Å². The van der Waals surface area contributed by atoms with E-state index in [9.17, 15) is 0 Å². The van der Waals surface area contributed by atoms with Gasteiger partial charge in [0.1, 0.15) is 0 Å². The Morgan fingerprint density at radius 1 is 1.33 bits per heavy atom. The highest BCUT2D eigenvalue weighted by atomic mass is 35.5. The van der Waals surface area contributed by atoms with Crippen molar-refractivity contribution < 1.29 is 4.74 Å². The van der Waals surface area contributed by atoms with Crippen molar-refractivity contribution in [3.63, 3.8) is 0 Å².